The zero-order chi connectivity index (χ0) is 52.1. The van der Waals surface area contributed by atoms with Crippen LogP contribution in [-0.4, -0.2) is 85.4 Å². The zero-order valence-electron chi connectivity index (χ0n) is 43.6. The second-order valence-electron chi connectivity index (χ2n) is 19.9. The van der Waals surface area contributed by atoms with Crippen LogP contribution in [0.1, 0.15) is 153 Å². The summed E-state index contributed by atoms with van der Waals surface area (Å²) < 4.78 is 52.6. The van der Waals surface area contributed by atoms with Gasteiger partial charge in [-0.05, 0) is 104 Å². The number of unbranched alkanes of at least 4 members (excludes halogenated alkanes) is 11. The molecule has 0 radical (unpaired) electrons. The summed E-state index contributed by atoms with van der Waals surface area (Å²) in [6, 6.07) is 20.2. The molecule has 0 spiro atoms. The summed E-state index contributed by atoms with van der Waals surface area (Å²) in [5.74, 6) is -2.28. The number of ether oxygens (including phenoxy) is 3. The van der Waals surface area contributed by atoms with E-state index < -0.39 is 39.8 Å². The molecule has 1 fully saturated rings. The summed E-state index contributed by atoms with van der Waals surface area (Å²) in [5.41, 5.74) is 3.56. The van der Waals surface area contributed by atoms with Crippen molar-refractivity contribution in [2.24, 2.45) is 22.9 Å². The zero-order valence-corrected chi connectivity index (χ0v) is 44.4. The van der Waals surface area contributed by atoms with Crippen molar-refractivity contribution in [3.8, 4) is 11.5 Å². The van der Waals surface area contributed by atoms with Gasteiger partial charge in [-0.1, -0.05) is 132 Å². The molecule has 6 rings (SSSR count). The summed E-state index contributed by atoms with van der Waals surface area (Å²) in [4.78, 5) is 31.6. The Hall–Kier alpha value is -5.06. The van der Waals surface area contributed by atoms with Gasteiger partial charge in [0, 0.05) is 56.8 Å². The largest absolute Gasteiger partial charge is 0.460 e. The number of allylic oxidation sites excluding steroid dienone is 1. The minimum Gasteiger partial charge on any atom is -0.460 e. The molecule has 3 aromatic rings. The number of benzene rings is 3. The van der Waals surface area contributed by atoms with E-state index in [0.717, 1.165) is 48.8 Å². The third-order valence-corrected chi connectivity index (χ3v) is 16.4. The van der Waals surface area contributed by atoms with Crippen LogP contribution in [0.4, 0.5) is 10.5 Å². The maximum atomic E-state index is 15.3. The first kappa shape index (κ1) is 57.2. The minimum absolute atomic E-state index is 0.0280. The van der Waals surface area contributed by atoms with E-state index >= 15 is 8.42 Å². The molecular formula is C58H82N4O10S. The Labute approximate surface area is 435 Å². The third-order valence-electron chi connectivity index (χ3n) is 14.5. The van der Waals surface area contributed by atoms with Crippen molar-refractivity contribution in [2.75, 3.05) is 38.2 Å². The Morgan fingerprint density at radius 2 is 1.55 bits per heavy atom. The molecule has 1 saturated carbocycles. The van der Waals surface area contributed by atoms with E-state index in [1.807, 2.05) is 43.3 Å². The summed E-state index contributed by atoms with van der Waals surface area (Å²) in [6.07, 6.45) is 19.9. The average Bonchev–Trinajstić information content (AvgIpc) is 3.38. The van der Waals surface area contributed by atoms with Crippen molar-refractivity contribution in [3.05, 3.63) is 108 Å². The quantitative estimate of drug-likeness (QED) is 0.0266. The number of fused-ring (bicyclic) bond motifs is 2. The first-order valence-corrected chi connectivity index (χ1v) is 28.5. The van der Waals surface area contributed by atoms with E-state index in [9.17, 15) is 19.8 Å². The number of aliphatic hydroxyl groups is 2. The number of carbonyl (C=O) groups excluding carboxylic acids is 2. The molecule has 73 heavy (non-hydrogen) atoms. The average molecular weight is 1030 g/mol. The molecule has 400 valence electrons. The molecule has 2 aliphatic carbocycles. The normalized spacial score (nSPS) is 21.6. The number of rotatable bonds is 32. The number of aliphatic hydroxyl groups excluding tert-OH is 2. The second kappa shape index (κ2) is 29.1. The maximum Gasteiger partial charge on any atom is 0.412 e. The Balaban J connectivity index is 1.44. The molecule has 3 aliphatic rings. The highest BCUT2D eigenvalue weighted by Crippen LogP contribution is 2.62. The Kier molecular flexibility index (Phi) is 22.8. The maximum absolute atomic E-state index is 15.3. The van der Waals surface area contributed by atoms with Crippen LogP contribution >= 0.6 is 0 Å². The molecule has 1 heterocycles. The minimum atomic E-state index is -4.30. The number of hydrogen-bond acceptors (Lipinski definition) is 11. The van der Waals surface area contributed by atoms with Crippen LogP contribution in [0, 0.1) is 17.8 Å². The van der Waals surface area contributed by atoms with Gasteiger partial charge in [-0.25, -0.2) is 13.2 Å². The summed E-state index contributed by atoms with van der Waals surface area (Å²) >= 11 is 0. The van der Waals surface area contributed by atoms with Crippen LogP contribution in [-0.2, 0) is 31.0 Å². The van der Waals surface area contributed by atoms with E-state index in [2.05, 4.69) is 30.2 Å². The molecule has 0 aromatic heterocycles. The molecule has 3 aromatic carbocycles. The smallest absolute Gasteiger partial charge is 0.412 e. The summed E-state index contributed by atoms with van der Waals surface area (Å²) in [5, 5.41) is 30.7. The first-order chi connectivity index (χ1) is 35.5. The molecule has 0 saturated heterocycles. The van der Waals surface area contributed by atoms with Crippen LogP contribution in [0.25, 0.3) is 0 Å². The fourth-order valence-electron chi connectivity index (χ4n) is 11.1. The van der Waals surface area contributed by atoms with Gasteiger partial charge >= 0.3 is 6.09 Å². The Bertz CT molecular complexity index is 2380. The fraction of sp³-hybridized carbons (Fsp3) is 0.569. The number of nitrogens with zero attached hydrogens (tertiary/aromatic N) is 2. The van der Waals surface area contributed by atoms with E-state index in [1.165, 1.54) is 68.3 Å². The van der Waals surface area contributed by atoms with Crippen molar-refractivity contribution in [3.63, 3.8) is 0 Å². The SMILES string of the molecule is C=CCO[C@@]12Oc3ccc(OC(=O)NCCCCCCCCCCCC)cc3[C@H]3[C@H](CCCCO)[C@@H](CCCCO)C=C(C(=NOCc4ccccc4)C[C@@H]1N(CCC)S(=O)(=O)c1ccc(NC(C)=O)cc1)[C@H]32. The number of oxime groups is 1. The van der Waals surface area contributed by atoms with E-state index in [0.29, 0.717) is 61.5 Å². The Morgan fingerprint density at radius 3 is 2.21 bits per heavy atom. The molecule has 4 N–H and O–H groups in total. The van der Waals surface area contributed by atoms with Gasteiger partial charge < -0.3 is 39.9 Å². The van der Waals surface area contributed by atoms with Gasteiger partial charge in [0.25, 0.3) is 0 Å². The van der Waals surface area contributed by atoms with Crippen molar-refractivity contribution in [2.45, 2.75) is 166 Å². The van der Waals surface area contributed by atoms with Gasteiger partial charge in [0.05, 0.1) is 29.2 Å². The van der Waals surface area contributed by atoms with Gasteiger partial charge in [0.15, 0.2) is 0 Å². The Morgan fingerprint density at radius 1 is 0.863 bits per heavy atom. The lowest BCUT2D eigenvalue weighted by atomic mass is 9.55. The predicted molar refractivity (Wildman–Crippen MR) is 287 cm³/mol. The van der Waals surface area contributed by atoms with Gasteiger partial charge in [0.2, 0.25) is 21.7 Å². The number of nitrogens with one attached hydrogen (secondary N) is 2. The molecule has 14 nitrogen and oxygen atoms in total. The number of sulfonamides is 1. The van der Waals surface area contributed by atoms with Crippen molar-refractivity contribution in [1.29, 1.82) is 0 Å². The van der Waals surface area contributed by atoms with Crippen LogP contribution in [0.3, 0.4) is 0 Å². The molecule has 15 heteroatoms. The van der Waals surface area contributed by atoms with Gasteiger partial charge in [0.1, 0.15) is 18.1 Å². The number of anilines is 1. The van der Waals surface area contributed by atoms with Crippen LogP contribution in [0.5, 0.6) is 11.5 Å². The molecule has 0 bridgehead atoms. The molecule has 1 aliphatic heterocycles. The summed E-state index contributed by atoms with van der Waals surface area (Å²) in [6.45, 7) is 10.5. The highest BCUT2D eigenvalue weighted by Gasteiger charge is 2.66. The topological polar surface area (TPSA) is 185 Å². The van der Waals surface area contributed by atoms with E-state index in [4.69, 9.17) is 24.2 Å². The fourth-order valence-corrected chi connectivity index (χ4v) is 12.8. The summed E-state index contributed by atoms with van der Waals surface area (Å²) in [7, 11) is -4.30. The number of hydrogen-bond donors (Lipinski definition) is 4. The first-order valence-electron chi connectivity index (χ1n) is 27.1. The van der Waals surface area contributed by atoms with Crippen LogP contribution < -0.4 is 20.1 Å². The third kappa shape index (κ3) is 15.3. The molecular weight excluding hydrogens is 945 g/mol. The van der Waals surface area contributed by atoms with Crippen LogP contribution in [0.15, 0.2) is 107 Å². The lowest BCUT2D eigenvalue weighted by molar-refractivity contribution is -0.251. The van der Waals surface area contributed by atoms with Crippen molar-refractivity contribution < 1.29 is 47.3 Å². The van der Waals surface area contributed by atoms with Gasteiger partial charge in [-0.3, -0.25) is 4.79 Å². The predicted octanol–water partition coefficient (Wildman–Crippen LogP) is 11.6. The highest BCUT2D eigenvalue weighted by molar-refractivity contribution is 7.89. The van der Waals surface area contributed by atoms with Crippen LogP contribution in [0.2, 0.25) is 0 Å². The lowest BCUT2D eigenvalue weighted by Crippen LogP contribution is -2.70. The molecule has 0 unspecified atom stereocenters. The second-order valence-corrected chi connectivity index (χ2v) is 21.7. The van der Waals surface area contributed by atoms with Crippen molar-refractivity contribution >= 4 is 33.4 Å². The molecule has 2 amide bonds. The van der Waals surface area contributed by atoms with E-state index in [-0.39, 0.29) is 62.0 Å². The highest BCUT2D eigenvalue weighted by atomic mass is 32.2. The lowest BCUT2D eigenvalue weighted by Gasteiger charge is -2.59. The monoisotopic (exact) mass is 1030 g/mol. The van der Waals surface area contributed by atoms with Crippen molar-refractivity contribution in [1.82, 2.24) is 9.62 Å². The van der Waals surface area contributed by atoms with Gasteiger partial charge in [-0.15, -0.1) is 6.58 Å². The standard InChI is InChI=1S/C58H82N4O10S/c1-5-8-9-10-11-12-13-14-15-21-34-59-57(66)71-47-30-33-53-51(40-47)55-49(27-20-23-37-64)45(26-19-22-36-63)39-50-52(61-70-42-44-24-17-16-18-25-44)41-54(58(72-53,56(50)55)69-38-7-3)62(35-6-2)73(67,68)48-31-28-46(29-32-48)60-43(4)65/h7,16-18,24-25,28-33,39-40,45,49,54-56,63-64H,3,5-6,8-15,19-23,26-27,34-38,41-42H2,1-2,4H3,(H,59,66)(H,60,65)/t45-,49+,54-,55+,56+,58+/m0/s1. The molecule has 6 atom stereocenters. The van der Waals surface area contributed by atoms with Gasteiger partial charge in [-0.2, -0.15) is 4.31 Å². The number of carbonyl (C=O) groups is 2. The van der Waals surface area contributed by atoms with E-state index in [1.54, 1.807) is 30.3 Å². The number of amides is 2.